The summed E-state index contributed by atoms with van der Waals surface area (Å²) in [5, 5.41) is 0. The van der Waals surface area contributed by atoms with Gasteiger partial charge in [-0.3, -0.25) is 0 Å². The fraction of sp³-hybridized carbons (Fsp3) is 0.643. The van der Waals surface area contributed by atoms with Gasteiger partial charge in [0.1, 0.15) is 5.82 Å². The number of nitrogens with zero attached hydrogens (tertiary/aromatic N) is 2. The van der Waals surface area contributed by atoms with E-state index in [1.165, 1.54) is 49.2 Å². The van der Waals surface area contributed by atoms with Gasteiger partial charge >= 0.3 is 0 Å². The molecule has 0 unspecified atom stereocenters. The molecule has 1 aromatic rings. The fourth-order valence-corrected chi connectivity index (χ4v) is 3.21. The van der Waals surface area contributed by atoms with Gasteiger partial charge in [-0.05, 0) is 49.7 Å². The van der Waals surface area contributed by atoms with E-state index >= 15 is 0 Å². The molecule has 0 N–H and O–H groups in total. The van der Waals surface area contributed by atoms with Gasteiger partial charge in [0.15, 0.2) is 0 Å². The first-order valence-electron chi connectivity index (χ1n) is 6.66. The summed E-state index contributed by atoms with van der Waals surface area (Å²) in [5.74, 6) is 2.70. The van der Waals surface area contributed by atoms with Gasteiger partial charge in [0, 0.05) is 24.7 Å². The number of fused-ring (bicyclic) bond motifs is 1. The van der Waals surface area contributed by atoms with Crippen molar-refractivity contribution >= 4 is 17.4 Å². The Balaban J connectivity index is 1.72. The summed E-state index contributed by atoms with van der Waals surface area (Å²) in [6.07, 6.45) is 6.09. The number of rotatable bonds is 2. The minimum Gasteiger partial charge on any atom is -0.357 e. The molecule has 0 saturated carbocycles. The van der Waals surface area contributed by atoms with E-state index in [1.54, 1.807) is 0 Å². The van der Waals surface area contributed by atoms with Crippen LogP contribution in [0.3, 0.4) is 0 Å². The molecule has 2 aliphatic rings. The topological polar surface area (TPSA) is 16.1 Å². The molecule has 3 heteroatoms. The molecule has 0 spiro atoms. The average molecular weight is 251 g/mol. The van der Waals surface area contributed by atoms with Crippen molar-refractivity contribution in [3.8, 4) is 0 Å². The zero-order valence-electron chi connectivity index (χ0n) is 10.2. The van der Waals surface area contributed by atoms with Crippen molar-refractivity contribution < 1.29 is 0 Å². The summed E-state index contributed by atoms with van der Waals surface area (Å²) in [6.45, 7) is 2.23. The highest BCUT2D eigenvalue weighted by Gasteiger charge is 2.21. The Morgan fingerprint density at radius 1 is 1.24 bits per heavy atom. The van der Waals surface area contributed by atoms with Gasteiger partial charge in [0.25, 0.3) is 0 Å². The van der Waals surface area contributed by atoms with E-state index in [2.05, 4.69) is 17.0 Å². The predicted octanol–water partition coefficient (Wildman–Crippen LogP) is 3.03. The lowest BCUT2D eigenvalue weighted by Crippen LogP contribution is -2.34. The van der Waals surface area contributed by atoms with Crippen LogP contribution < -0.4 is 4.90 Å². The van der Waals surface area contributed by atoms with E-state index < -0.39 is 0 Å². The molecule has 1 aliphatic heterocycles. The first kappa shape index (κ1) is 11.3. The van der Waals surface area contributed by atoms with Crippen LogP contribution in [0.15, 0.2) is 12.1 Å². The zero-order valence-corrected chi connectivity index (χ0v) is 10.9. The van der Waals surface area contributed by atoms with Gasteiger partial charge in [-0.15, -0.1) is 11.6 Å². The van der Waals surface area contributed by atoms with Crippen LogP contribution in [0.25, 0.3) is 0 Å². The van der Waals surface area contributed by atoms with Crippen LogP contribution in [0.4, 0.5) is 5.82 Å². The summed E-state index contributed by atoms with van der Waals surface area (Å²) < 4.78 is 0. The quantitative estimate of drug-likeness (QED) is 0.750. The molecule has 1 aromatic heterocycles. The molecule has 0 atom stereocenters. The zero-order chi connectivity index (χ0) is 11.7. The largest absolute Gasteiger partial charge is 0.357 e. The highest BCUT2D eigenvalue weighted by Crippen LogP contribution is 2.26. The van der Waals surface area contributed by atoms with Gasteiger partial charge in [-0.1, -0.05) is 6.07 Å². The number of aromatic nitrogens is 1. The third-order valence-electron chi connectivity index (χ3n) is 4.07. The maximum atomic E-state index is 5.92. The molecule has 0 radical (unpaired) electrons. The molecule has 0 aromatic carbocycles. The number of hydrogen-bond acceptors (Lipinski definition) is 2. The molecule has 1 aliphatic carbocycles. The van der Waals surface area contributed by atoms with Gasteiger partial charge < -0.3 is 4.90 Å². The van der Waals surface area contributed by atoms with Crippen molar-refractivity contribution in [2.24, 2.45) is 5.92 Å². The summed E-state index contributed by atoms with van der Waals surface area (Å²) in [5.41, 5.74) is 2.80. The van der Waals surface area contributed by atoms with E-state index in [4.69, 9.17) is 16.6 Å². The van der Waals surface area contributed by atoms with Crippen molar-refractivity contribution in [2.45, 2.75) is 32.1 Å². The summed E-state index contributed by atoms with van der Waals surface area (Å²) >= 11 is 5.92. The SMILES string of the molecule is ClCC1CCN(c2ccc3c(n2)CCC3)CC1. The highest BCUT2D eigenvalue weighted by atomic mass is 35.5. The van der Waals surface area contributed by atoms with E-state index in [0.717, 1.165) is 19.0 Å². The van der Waals surface area contributed by atoms with Gasteiger partial charge in [0.2, 0.25) is 0 Å². The molecule has 2 heterocycles. The fourth-order valence-electron chi connectivity index (χ4n) is 2.90. The molecule has 2 nitrogen and oxygen atoms in total. The second-order valence-corrected chi connectivity index (χ2v) is 5.52. The average Bonchev–Trinajstić information content (AvgIpc) is 2.86. The summed E-state index contributed by atoms with van der Waals surface area (Å²) in [4.78, 5) is 7.24. The molecular weight excluding hydrogens is 232 g/mol. The number of alkyl halides is 1. The Kier molecular flexibility index (Phi) is 3.24. The normalized spacial score (nSPS) is 20.6. The lowest BCUT2D eigenvalue weighted by molar-refractivity contribution is 0.441. The molecule has 3 rings (SSSR count). The lowest BCUT2D eigenvalue weighted by Gasteiger charge is -2.32. The number of pyridine rings is 1. The Morgan fingerprint density at radius 2 is 2.06 bits per heavy atom. The van der Waals surface area contributed by atoms with Crippen LogP contribution in [0.1, 0.15) is 30.5 Å². The second kappa shape index (κ2) is 4.85. The van der Waals surface area contributed by atoms with Gasteiger partial charge in [-0.2, -0.15) is 0 Å². The van der Waals surface area contributed by atoms with Crippen LogP contribution in [0.2, 0.25) is 0 Å². The second-order valence-electron chi connectivity index (χ2n) is 5.21. The smallest absolute Gasteiger partial charge is 0.128 e. The van der Waals surface area contributed by atoms with E-state index in [9.17, 15) is 0 Å². The first-order valence-corrected chi connectivity index (χ1v) is 7.20. The third-order valence-corrected chi connectivity index (χ3v) is 4.51. The minimum atomic E-state index is 0.711. The number of hydrogen-bond donors (Lipinski definition) is 0. The summed E-state index contributed by atoms with van der Waals surface area (Å²) in [7, 11) is 0. The molecule has 1 fully saturated rings. The standard InChI is InChI=1S/C14H19ClN2/c15-10-11-6-8-17(9-7-11)14-5-4-12-2-1-3-13(12)16-14/h4-5,11H,1-3,6-10H2. The van der Waals surface area contributed by atoms with Crippen LogP contribution in [-0.2, 0) is 12.8 Å². The maximum Gasteiger partial charge on any atom is 0.128 e. The van der Waals surface area contributed by atoms with E-state index in [0.29, 0.717) is 5.92 Å². The van der Waals surface area contributed by atoms with Crippen molar-refractivity contribution in [3.63, 3.8) is 0 Å². The number of anilines is 1. The minimum absolute atomic E-state index is 0.711. The van der Waals surface area contributed by atoms with Gasteiger partial charge in [0.05, 0.1) is 0 Å². The Bertz CT molecular complexity index is 397. The Hall–Kier alpha value is -0.760. The van der Waals surface area contributed by atoms with Crippen molar-refractivity contribution in [1.82, 2.24) is 4.98 Å². The number of piperidine rings is 1. The monoisotopic (exact) mass is 250 g/mol. The molecule has 0 amide bonds. The maximum absolute atomic E-state index is 5.92. The van der Waals surface area contributed by atoms with Crippen LogP contribution in [0.5, 0.6) is 0 Å². The molecule has 1 saturated heterocycles. The van der Waals surface area contributed by atoms with E-state index in [1.807, 2.05) is 0 Å². The Labute approximate surface area is 108 Å². The van der Waals surface area contributed by atoms with Crippen LogP contribution in [0, 0.1) is 5.92 Å². The van der Waals surface area contributed by atoms with Crippen molar-refractivity contribution in [3.05, 3.63) is 23.4 Å². The molecular formula is C14H19ClN2. The Morgan fingerprint density at radius 3 is 2.82 bits per heavy atom. The van der Waals surface area contributed by atoms with Crippen molar-refractivity contribution in [2.75, 3.05) is 23.9 Å². The van der Waals surface area contributed by atoms with Gasteiger partial charge in [-0.25, -0.2) is 4.98 Å². The number of halogens is 1. The van der Waals surface area contributed by atoms with E-state index in [-0.39, 0.29) is 0 Å². The van der Waals surface area contributed by atoms with Crippen LogP contribution >= 0.6 is 11.6 Å². The van der Waals surface area contributed by atoms with Crippen LogP contribution in [-0.4, -0.2) is 24.0 Å². The third kappa shape index (κ3) is 2.28. The molecule has 17 heavy (non-hydrogen) atoms. The molecule has 0 bridgehead atoms. The number of aryl methyl sites for hydroxylation is 2. The summed E-state index contributed by atoms with van der Waals surface area (Å²) in [6, 6.07) is 4.48. The lowest BCUT2D eigenvalue weighted by atomic mass is 9.99. The first-order chi connectivity index (χ1) is 8.36. The molecule has 92 valence electrons. The predicted molar refractivity (Wildman–Crippen MR) is 71.9 cm³/mol. The van der Waals surface area contributed by atoms with Crippen molar-refractivity contribution in [1.29, 1.82) is 0 Å². The highest BCUT2D eigenvalue weighted by molar-refractivity contribution is 6.18.